The molecule has 1 aromatic carbocycles. The number of ether oxygens (including phenoxy) is 1. The van der Waals surface area contributed by atoms with Crippen LogP contribution in [0.15, 0.2) is 48.7 Å². The van der Waals surface area contributed by atoms with Gasteiger partial charge in [0.05, 0.1) is 17.9 Å². The third-order valence-corrected chi connectivity index (χ3v) is 5.39. The van der Waals surface area contributed by atoms with Crippen molar-refractivity contribution < 1.29 is 9.53 Å². The number of hydrogen-bond donors (Lipinski definition) is 1. The molecule has 0 spiro atoms. The van der Waals surface area contributed by atoms with Crippen molar-refractivity contribution in [2.24, 2.45) is 5.73 Å². The normalized spacial score (nSPS) is 21.0. The molecule has 6 heteroatoms. The van der Waals surface area contributed by atoms with E-state index in [1.165, 1.54) is 5.69 Å². The first-order chi connectivity index (χ1) is 13.4. The number of anilines is 1. The van der Waals surface area contributed by atoms with Gasteiger partial charge in [0.1, 0.15) is 5.65 Å². The third-order valence-electron chi connectivity index (χ3n) is 5.39. The van der Waals surface area contributed by atoms with Gasteiger partial charge in [0, 0.05) is 30.9 Å². The van der Waals surface area contributed by atoms with Crippen LogP contribution in [0.3, 0.4) is 0 Å². The molecule has 1 fully saturated rings. The SMILES string of the molecule is C[C@H](c1ccc(N2C[C@@H](C)O[C@@H](C)C2)cc1)c1c(C(N)=O)nc2ccccn12. The van der Waals surface area contributed by atoms with E-state index in [0.29, 0.717) is 5.69 Å². The van der Waals surface area contributed by atoms with Crippen LogP contribution in [0.1, 0.15) is 48.4 Å². The second kappa shape index (κ2) is 7.28. The Morgan fingerprint density at radius 3 is 2.46 bits per heavy atom. The van der Waals surface area contributed by atoms with Gasteiger partial charge in [0.25, 0.3) is 5.91 Å². The van der Waals surface area contributed by atoms with Crippen molar-refractivity contribution in [1.29, 1.82) is 0 Å². The van der Waals surface area contributed by atoms with E-state index in [0.717, 1.165) is 30.0 Å². The van der Waals surface area contributed by atoms with E-state index in [9.17, 15) is 4.79 Å². The lowest BCUT2D eigenvalue weighted by atomic mass is 9.95. The van der Waals surface area contributed by atoms with Gasteiger partial charge in [-0.15, -0.1) is 0 Å². The number of pyridine rings is 1. The summed E-state index contributed by atoms with van der Waals surface area (Å²) >= 11 is 0. The number of primary amides is 1. The summed E-state index contributed by atoms with van der Waals surface area (Å²) in [5, 5.41) is 0. The number of amides is 1. The fraction of sp³-hybridized carbons (Fsp3) is 0.364. The summed E-state index contributed by atoms with van der Waals surface area (Å²) in [6.07, 6.45) is 2.36. The van der Waals surface area contributed by atoms with Crippen LogP contribution in [0.4, 0.5) is 5.69 Å². The summed E-state index contributed by atoms with van der Waals surface area (Å²) in [6, 6.07) is 14.2. The smallest absolute Gasteiger partial charge is 0.269 e. The lowest BCUT2D eigenvalue weighted by molar-refractivity contribution is -0.00521. The molecule has 0 radical (unpaired) electrons. The van der Waals surface area contributed by atoms with Crippen LogP contribution in [0.2, 0.25) is 0 Å². The lowest BCUT2D eigenvalue weighted by Gasteiger charge is -2.37. The van der Waals surface area contributed by atoms with E-state index < -0.39 is 5.91 Å². The van der Waals surface area contributed by atoms with Crippen molar-refractivity contribution in [2.45, 2.75) is 38.9 Å². The maximum Gasteiger partial charge on any atom is 0.269 e. The molecule has 1 saturated heterocycles. The number of benzene rings is 1. The van der Waals surface area contributed by atoms with E-state index in [-0.39, 0.29) is 18.1 Å². The molecule has 0 unspecified atom stereocenters. The quantitative estimate of drug-likeness (QED) is 0.757. The Hall–Kier alpha value is -2.86. The fourth-order valence-electron chi connectivity index (χ4n) is 4.13. The maximum atomic E-state index is 12.0. The average Bonchev–Trinajstić information content (AvgIpc) is 3.07. The topological polar surface area (TPSA) is 72.9 Å². The number of morpholine rings is 1. The second-order valence-corrected chi connectivity index (χ2v) is 7.61. The molecule has 4 rings (SSSR count). The summed E-state index contributed by atoms with van der Waals surface area (Å²) < 4.78 is 7.78. The van der Waals surface area contributed by atoms with Crippen LogP contribution >= 0.6 is 0 Å². The van der Waals surface area contributed by atoms with Gasteiger partial charge >= 0.3 is 0 Å². The van der Waals surface area contributed by atoms with Gasteiger partial charge in [0.15, 0.2) is 5.69 Å². The molecular formula is C22H26N4O2. The molecule has 6 nitrogen and oxygen atoms in total. The first-order valence-corrected chi connectivity index (χ1v) is 9.71. The van der Waals surface area contributed by atoms with Crippen molar-refractivity contribution in [3.05, 3.63) is 65.6 Å². The Balaban J connectivity index is 1.66. The molecule has 28 heavy (non-hydrogen) atoms. The molecule has 2 N–H and O–H groups in total. The molecule has 3 aromatic rings. The van der Waals surface area contributed by atoms with Crippen molar-refractivity contribution in [2.75, 3.05) is 18.0 Å². The number of nitrogens with zero attached hydrogens (tertiary/aromatic N) is 3. The van der Waals surface area contributed by atoms with E-state index in [1.54, 1.807) is 0 Å². The van der Waals surface area contributed by atoms with Gasteiger partial charge in [-0.05, 0) is 43.7 Å². The summed E-state index contributed by atoms with van der Waals surface area (Å²) in [4.78, 5) is 18.8. The molecule has 146 valence electrons. The Labute approximate surface area is 164 Å². The standard InChI is InChI=1S/C22H26N4O2/c1-14-12-25(13-15(2)28-14)18-9-7-17(8-10-18)16(3)21-20(22(23)27)24-19-6-4-5-11-26(19)21/h4-11,14-16H,12-13H2,1-3H3,(H2,23,27)/t14-,15+,16-/m1/s1. The van der Waals surface area contributed by atoms with Crippen LogP contribution < -0.4 is 10.6 Å². The van der Waals surface area contributed by atoms with Crippen LogP contribution in [-0.2, 0) is 4.74 Å². The minimum absolute atomic E-state index is 0.0171. The largest absolute Gasteiger partial charge is 0.372 e. The second-order valence-electron chi connectivity index (χ2n) is 7.61. The number of rotatable bonds is 4. The fourth-order valence-corrected chi connectivity index (χ4v) is 4.13. The maximum absolute atomic E-state index is 12.0. The first kappa shape index (κ1) is 18.5. The minimum Gasteiger partial charge on any atom is -0.372 e. The molecule has 1 amide bonds. The highest BCUT2D eigenvalue weighted by molar-refractivity contribution is 5.93. The Morgan fingerprint density at radius 2 is 1.82 bits per heavy atom. The Morgan fingerprint density at radius 1 is 1.14 bits per heavy atom. The van der Waals surface area contributed by atoms with Crippen LogP contribution in [-0.4, -0.2) is 40.6 Å². The van der Waals surface area contributed by atoms with Gasteiger partial charge < -0.3 is 19.8 Å². The Kier molecular flexibility index (Phi) is 4.81. The highest BCUT2D eigenvalue weighted by Gasteiger charge is 2.24. The van der Waals surface area contributed by atoms with Crippen molar-refractivity contribution in [3.63, 3.8) is 0 Å². The van der Waals surface area contributed by atoms with E-state index in [2.05, 4.69) is 54.9 Å². The van der Waals surface area contributed by atoms with Gasteiger partial charge in [-0.2, -0.15) is 0 Å². The zero-order chi connectivity index (χ0) is 19.8. The number of nitrogens with two attached hydrogens (primary N) is 1. The van der Waals surface area contributed by atoms with Gasteiger partial charge in [-0.1, -0.05) is 25.1 Å². The summed E-state index contributed by atoms with van der Waals surface area (Å²) in [7, 11) is 0. The van der Waals surface area contributed by atoms with Gasteiger partial charge in [-0.25, -0.2) is 4.98 Å². The lowest BCUT2D eigenvalue weighted by Crippen LogP contribution is -2.45. The van der Waals surface area contributed by atoms with Crippen molar-refractivity contribution in [3.8, 4) is 0 Å². The average molecular weight is 378 g/mol. The zero-order valence-electron chi connectivity index (χ0n) is 16.5. The van der Waals surface area contributed by atoms with E-state index in [4.69, 9.17) is 10.5 Å². The molecule has 0 bridgehead atoms. The third kappa shape index (κ3) is 3.36. The van der Waals surface area contributed by atoms with Gasteiger partial charge in [-0.3, -0.25) is 4.79 Å². The van der Waals surface area contributed by atoms with Crippen LogP contribution in [0.5, 0.6) is 0 Å². The number of carbonyl (C=O) groups excluding carboxylic acids is 1. The molecule has 3 heterocycles. The number of aromatic nitrogens is 2. The summed E-state index contributed by atoms with van der Waals surface area (Å²) in [6.45, 7) is 8.07. The number of fused-ring (bicyclic) bond motifs is 1. The number of imidazole rings is 1. The van der Waals surface area contributed by atoms with Crippen molar-refractivity contribution in [1.82, 2.24) is 9.38 Å². The summed E-state index contributed by atoms with van der Waals surface area (Å²) in [5.74, 6) is -0.519. The zero-order valence-corrected chi connectivity index (χ0v) is 16.5. The monoisotopic (exact) mass is 378 g/mol. The number of carbonyl (C=O) groups is 1. The minimum atomic E-state index is -0.501. The van der Waals surface area contributed by atoms with Gasteiger partial charge in [0.2, 0.25) is 0 Å². The molecule has 0 aliphatic carbocycles. The predicted octanol–water partition coefficient (Wildman–Crippen LogP) is 3.20. The summed E-state index contributed by atoms with van der Waals surface area (Å²) in [5.41, 5.74) is 9.80. The van der Waals surface area contributed by atoms with Crippen LogP contribution in [0, 0.1) is 0 Å². The van der Waals surface area contributed by atoms with Crippen LogP contribution in [0.25, 0.3) is 5.65 Å². The Bertz CT molecular complexity index is 985. The molecule has 1 aliphatic heterocycles. The molecule has 0 saturated carbocycles. The molecule has 3 atom stereocenters. The predicted molar refractivity (Wildman–Crippen MR) is 110 cm³/mol. The molecular weight excluding hydrogens is 352 g/mol. The van der Waals surface area contributed by atoms with Crippen molar-refractivity contribution >= 4 is 17.2 Å². The molecule has 1 aliphatic rings. The van der Waals surface area contributed by atoms with E-state index >= 15 is 0 Å². The molecule has 2 aromatic heterocycles. The number of hydrogen-bond acceptors (Lipinski definition) is 4. The van der Waals surface area contributed by atoms with E-state index in [1.807, 2.05) is 28.8 Å². The highest BCUT2D eigenvalue weighted by Crippen LogP contribution is 2.30. The highest BCUT2D eigenvalue weighted by atomic mass is 16.5. The first-order valence-electron chi connectivity index (χ1n) is 9.71.